The zero-order valence-corrected chi connectivity index (χ0v) is 15.4. The van der Waals surface area contributed by atoms with E-state index in [9.17, 15) is 22.4 Å². The number of H-pyrrole nitrogens is 1. The lowest BCUT2D eigenvalue weighted by molar-refractivity contribution is -0.137. The summed E-state index contributed by atoms with van der Waals surface area (Å²) in [6, 6.07) is 2.98. The first-order valence-electron chi connectivity index (χ1n) is 9.10. The number of halogens is 4. The Morgan fingerprint density at radius 1 is 1.24 bits per heavy atom. The summed E-state index contributed by atoms with van der Waals surface area (Å²) in [5.41, 5.74) is -0.644. The molecule has 0 saturated heterocycles. The molecule has 3 aromatic rings. The minimum absolute atomic E-state index is 0.0442. The predicted molar refractivity (Wildman–Crippen MR) is 95.5 cm³/mol. The summed E-state index contributed by atoms with van der Waals surface area (Å²) in [6.45, 7) is 1.59. The number of hydrogen-bond acceptors (Lipinski definition) is 4. The highest BCUT2D eigenvalue weighted by Crippen LogP contribution is 2.33. The average Bonchev–Trinajstić information content (AvgIpc) is 3.31. The Morgan fingerprint density at radius 2 is 2.00 bits per heavy atom. The van der Waals surface area contributed by atoms with Crippen LogP contribution in [-0.2, 0) is 12.6 Å². The van der Waals surface area contributed by atoms with E-state index in [1.165, 1.54) is 16.9 Å². The highest BCUT2D eigenvalue weighted by Gasteiger charge is 2.31. The van der Waals surface area contributed by atoms with Crippen LogP contribution in [0.15, 0.2) is 35.3 Å². The van der Waals surface area contributed by atoms with Gasteiger partial charge in [-0.2, -0.15) is 13.2 Å². The number of nitrogens with zero attached hydrogens (tertiary/aromatic N) is 4. The zero-order chi connectivity index (χ0) is 20.8. The molecular weight excluding hydrogens is 390 g/mol. The maximum absolute atomic E-state index is 14.3. The molecule has 0 aliphatic heterocycles. The minimum atomic E-state index is -4.62. The van der Waals surface area contributed by atoms with E-state index in [2.05, 4.69) is 20.3 Å². The molecular formula is C19H17F4N5O. The topological polar surface area (TPSA) is 76.5 Å². The number of rotatable bonds is 5. The first-order valence-corrected chi connectivity index (χ1v) is 9.10. The fourth-order valence-electron chi connectivity index (χ4n) is 3.10. The normalized spacial score (nSPS) is 15.5. The van der Waals surface area contributed by atoms with Crippen molar-refractivity contribution in [2.75, 3.05) is 0 Å². The molecule has 1 aromatic carbocycles. The number of aromatic nitrogens is 5. The van der Waals surface area contributed by atoms with Gasteiger partial charge in [-0.05, 0) is 37.8 Å². The van der Waals surface area contributed by atoms with E-state index in [1.807, 2.05) is 0 Å². The summed E-state index contributed by atoms with van der Waals surface area (Å²) >= 11 is 0. The van der Waals surface area contributed by atoms with Crippen molar-refractivity contribution in [2.24, 2.45) is 5.92 Å². The van der Waals surface area contributed by atoms with Crippen LogP contribution in [0.1, 0.15) is 42.8 Å². The molecule has 2 aromatic heterocycles. The van der Waals surface area contributed by atoms with Crippen LogP contribution >= 0.6 is 0 Å². The Balaban J connectivity index is 1.61. The Kier molecular flexibility index (Phi) is 4.71. The third kappa shape index (κ3) is 4.20. The largest absolute Gasteiger partial charge is 0.416 e. The minimum Gasteiger partial charge on any atom is -0.311 e. The number of benzene rings is 1. The number of aromatic amines is 1. The number of hydrogen-bond donors (Lipinski definition) is 1. The molecule has 1 aliphatic carbocycles. The molecule has 29 heavy (non-hydrogen) atoms. The maximum atomic E-state index is 14.3. The van der Waals surface area contributed by atoms with E-state index in [0.29, 0.717) is 35.6 Å². The van der Waals surface area contributed by atoms with E-state index >= 15 is 0 Å². The van der Waals surface area contributed by atoms with Crippen molar-refractivity contribution >= 4 is 0 Å². The summed E-state index contributed by atoms with van der Waals surface area (Å²) < 4.78 is 53.8. The van der Waals surface area contributed by atoms with Crippen LogP contribution in [0.25, 0.3) is 11.4 Å². The molecule has 152 valence electrons. The molecule has 0 bridgehead atoms. The van der Waals surface area contributed by atoms with E-state index in [0.717, 1.165) is 25.0 Å². The molecule has 0 amide bonds. The molecule has 0 spiro atoms. The van der Waals surface area contributed by atoms with Crippen LogP contribution in [0.4, 0.5) is 17.6 Å². The van der Waals surface area contributed by atoms with E-state index in [1.54, 1.807) is 6.92 Å². The monoisotopic (exact) mass is 407 g/mol. The smallest absolute Gasteiger partial charge is 0.311 e. The first-order chi connectivity index (χ1) is 13.7. The Labute approximate surface area is 162 Å². The molecule has 1 saturated carbocycles. The fourth-order valence-corrected chi connectivity index (χ4v) is 3.10. The quantitative estimate of drug-likeness (QED) is 0.654. The lowest BCUT2D eigenvalue weighted by Gasteiger charge is -2.14. The summed E-state index contributed by atoms with van der Waals surface area (Å²) in [7, 11) is 0. The van der Waals surface area contributed by atoms with Crippen molar-refractivity contribution in [3.05, 3.63) is 63.6 Å². The molecule has 1 unspecified atom stereocenters. The van der Waals surface area contributed by atoms with Crippen molar-refractivity contribution in [2.45, 2.75) is 38.4 Å². The summed E-state index contributed by atoms with van der Waals surface area (Å²) in [5, 5.41) is 7.93. The van der Waals surface area contributed by atoms with Gasteiger partial charge in [0.15, 0.2) is 0 Å². The van der Waals surface area contributed by atoms with Gasteiger partial charge in [-0.15, -0.1) is 5.10 Å². The number of nitrogens with one attached hydrogen (secondary N) is 1. The van der Waals surface area contributed by atoms with Crippen LogP contribution in [0.2, 0.25) is 0 Å². The van der Waals surface area contributed by atoms with Crippen molar-refractivity contribution in [1.29, 1.82) is 0 Å². The van der Waals surface area contributed by atoms with Crippen molar-refractivity contribution < 1.29 is 17.6 Å². The SMILES string of the molecule is CC(c1ccc(C(F)(F)F)cc1F)n1cc(-c2cc(=O)[nH]c(CC3CC3)n2)nn1. The van der Waals surface area contributed by atoms with E-state index in [-0.39, 0.29) is 11.1 Å². The lowest BCUT2D eigenvalue weighted by atomic mass is 10.0. The summed E-state index contributed by atoms with van der Waals surface area (Å²) in [6.07, 6.45) is -0.220. The maximum Gasteiger partial charge on any atom is 0.416 e. The third-order valence-electron chi connectivity index (χ3n) is 4.92. The van der Waals surface area contributed by atoms with E-state index in [4.69, 9.17) is 0 Å². The summed E-state index contributed by atoms with van der Waals surface area (Å²) in [4.78, 5) is 19.0. The first kappa shape index (κ1) is 19.3. The Bertz CT molecular complexity index is 1100. The van der Waals surface area contributed by atoms with Gasteiger partial charge in [-0.1, -0.05) is 11.3 Å². The van der Waals surface area contributed by atoms with Gasteiger partial charge in [0.05, 0.1) is 23.5 Å². The number of alkyl halides is 3. The lowest BCUT2D eigenvalue weighted by Crippen LogP contribution is -2.12. The molecule has 2 heterocycles. The van der Waals surface area contributed by atoms with Crippen LogP contribution in [0, 0.1) is 11.7 Å². The average molecular weight is 407 g/mol. The van der Waals surface area contributed by atoms with Gasteiger partial charge in [-0.25, -0.2) is 14.1 Å². The third-order valence-corrected chi connectivity index (χ3v) is 4.92. The molecule has 6 nitrogen and oxygen atoms in total. The Hall–Kier alpha value is -3.04. The van der Waals surface area contributed by atoms with Crippen molar-refractivity contribution in [3.63, 3.8) is 0 Å². The van der Waals surface area contributed by atoms with Crippen LogP contribution in [0.3, 0.4) is 0 Å². The molecule has 1 N–H and O–H groups in total. The van der Waals surface area contributed by atoms with Gasteiger partial charge < -0.3 is 4.98 Å². The second kappa shape index (κ2) is 7.09. The predicted octanol–water partition coefficient (Wildman–Crippen LogP) is 3.75. The van der Waals surface area contributed by atoms with Gasteiger partial charge in [0, 0.05) is 18.1 Å². The van der Waals surface area contributed by atoms with Crippen LogP contribution in [-0.4, -0.2) is 25.0 Å². The molecule has 4 rings (SSSR count). The van der Waals surface area contributed by atoms with Gasteiger partial charge in [-0.3, -0.25) is 4.79 Å². The van der Waals surface area contributed by atoms with E-state index < -0.39 is 23.6 Å². The molecule has 10 heteroatoms. The van der Waals surface area contributed by atoms with Gasteiger partial charge >= 0.3 is 6.18 Å². The van der Waals surface area contributed by atoms with Gasteiger partial charge in [0.2, 0.25) is 0 Å². The van der Waals surface area contributed by atoms with Crippen molar-refractivity contribution in [1.82, 2.24) is 25.0 Å². The Morgan fingerprint density at radius 3 is 2.66 bits per heavy atom. The molecule has 1 atom stereocenters. The van der Waals surface area contributed by atoms with Crippen molar-refractivity contribution in [3.8, 4) is 11.4 Å². The van der Waals surface area contributed by atoms with Gasteiger partial charge in [0.1, 0.15) is 17.3 Å². The molecule has 1 fully saturated rings. The second-order valence-electron chi connectivity index (χ2n) is 7.22. The fraction of sp³-hybridized carbons (Fsp3) is 0.368. The second-order valence-corrected chi connectivity index (χ2v) is 7.22. The highest BCUT2D eigenvalue weighted by molar-refractivity contribution is 5.51. The van der Waals surface area contributed by atoms with Gasteiger partial charge in [0.25, 0.3) is 5.56 Å². The van der Waals surface area contributed by atoms with Crippen LogP contribution < -0.4 is 5.56 Å². The van der Waals surface area contributed by atoms with Crippen LogP contribution in [0.5, 0.6) is 0 Å². The zero-order valence-electron chi connectivity index (χ0n) is 15.4. The summed E-state index contributed by atoms with van der Waals surface area (Å²) in [5.74, 6) is 0.128. The standard InChI is InChI=1S/C19H17F4N5O/c1-10(13-5-4-12(7-14(13)20)19(21,22)23)28-9-16(26-27-28)15-8-18(29)25-17(24-15)6-11-2-3-11/h4-5,7-11H,2-3,6H2,1H3,(H,24,25,29). The molecule has 1 aliphatic rings. The highest BCUT2D eigenvalue weighted by atomic mass is 19.4. The molecule has 0 radical (unpaired) electrons.